The number of hydrogen-bond donors (Lipinski definition) is 0. The van der Waals surface area contributed by atoms with Crippen molar-refractivity contribution < 1.29 is 0 Å². The van der Waals surface area contributed by atoms with E-state index in [1.54, 1.807) is 0 Å². The summed E-state index contributed by atoms with van der Waals surface area (Å²) in [5.74, 6) is 0. The summed E-state index contributed by atoms with van der Waals surface area (Å²) in [6, 6.07) is 50.4. The van der Waals surface area contributed by atoms with Crippen molar-refractivity contribution in [1.82, 2.24) is 14.3 Å². The number of aromatic nitrogens is 3. The van der Waals surface area contributed by atoms with Gasteiger partial charge in [-0.3, -0.25) is 0 Å². The largest absolute Gasteiger partial charge is 0.320 e. The zero-order chi connectivity index (χ0) is 29.4. The molecule has 2 aromatic heterocycles. The number of para-hydroxylation sites is 2. The van der Waals surface area contributed by atoms with Crippen molar-refractivity contribution in [3.8, 4) is 33.5 Å². The van der Waals surface area contributed by atoms with Gasteiger partial charge in [0.15, 0.2) is 0 Å². The minimum atomic E-state index is -0.0567. The van der Waals surface area contributed by atoms with Gasteiger partial charge in [0.25, 0.3) is 0 Å². The summed E-state index contributed by atoms with van der Waals surface area (Å²) in [4.78, 5) is 0. The molecule has 0 radical (unpaired) electrons. The molecule has 0 unspecified atom stereocenters. The molecule has 3 heteroatoms. The fourth-order valence-electron chi connectivity index (χ4n) is 7.51. The summed E-state index contributed by atoms with van der Waals surface area (Å²) in [6.45, 7) is 5.32. The van der Waals surface area contributed by atoms with E-state index in [0.717, 1.165) is 22.2 Å². The monoisotopic (exact) mass is 565 g/mol. The highest BCUT2D eigenvalue weighted by molar-refractivity contribution is 6.14. The van der Waals surface area contributed by atoms with Crippen molar-refractivity contribution in [3.05, 3.63) is 151 Å². The van der Waals surface area contributed by atoms with E-state index < -0.39 is 0 Å². The van der Waals surface area contributed by atoms with Crippen molar-refractivity contribution >= 4 is 32.7 Å². The first kappa shape index (κ1) is 25.1. The lowest BCUT2D eigenvalue weighted by Crippen LogP contribution is -2.15. The quantitative estimate of drug-likeness (QED) is 0.208. The molecule has 0 atom stereocenters. The van der Waals surface area contributed by atoms with E-state index in [9.17, 15) is 0 Å². The fourth-order valence-corrected chi connectivity index (χ4v) is 7.51. The molecule has 1 aliphatic carbocycles. The molecule has 0 N–H and O–H groups in total. The van der Waals surface area contributed by atoms with E-state index in [-0.39, 0.29) is 5.41 Å². The first-order valence-electron chi connectivity index (χ1n) is 15.4. The SMILES string of the molecule is CC1(C)c2ccccc2-c2c1ccc1c3ccccc3n(Cn3nc(-c4ccc(-c5ccccc5)cc4)c4ccccc43)c21. The Hall–Kier alpha value is -5.41. The Labute approximate surface area is 256 Å². The minimum Gasteiger partial charge on any atom is -0.320 e. The van der Waals surface area contributed by atoms with Gasteiger partial charge in [-0.15, -0.1) is 0 Å². The number of hydrogen-bond acceptors (Lipinski definition) is 1. The van der Waals surface area contributed by atoms with Crippen molar-refractivity contribution in [1.29, 1.82) is 0 Å². The molecule has 44 heavy (non-hydrogen) atoms. The van der Waals surface area contributed by atoms with Gasteiger partial charge in [0.05, 0.1) is 16.6 Å². The highest BCUT2D eigenvalue weighted by atomic mass is 15.3. The summed E-state index contributed by atoms with van der Waals surface area (Å²) < 4.78 is 4.68. The van der Waals surface area contributed by atoms with Gasteiger partial charge in [0.1, 0.15) is 12.4 Å². The lowest BCUT2D eigenvalue weighted by molar-refractivity contribution is 0.593. The first-order chi connectivity index (χ1) is 21.6. The molecule has 1 aliphatic rings. The zero-order valence-electron chi connectivity index (χ0n) is 24.8. The molecule has 0 amide bonds. The molecule has 3 nitrogen and oxygen atoms in total. The molecule has 0 fully saturated rings. The third kappa shape index (κ3) is 3.53. The topological polar surface area (TPSA) is 22.8 Å². The third-order valence-corrected chi connectivity index (χ3v) is 9.67. The fraction of sp³-hybridized carbons (Fsp3) is 0.0976. The number of nitrogens with zero attached hydrogens (tertiary/aromatic N) is 3. The Morgan fingerprint density at radius 1 is 0.523 bits per heavy atom. The molecular formula is C41H31N3. The van der Waals surface area contributed by atoms with Crippen LogP contribution in [0.2, 0.25) is 0 Å². The van der Waals surface area contributed by atoms with Gasteiger partial charge in [0.2, 0.25) is 0 Å². The van der Waals surface area contributed by atoms with Gasteiger partial charge in [-0.05, 0) is 39.9 Å². The highest BCUT2D eigenvalue weighted by Crippen LogP contribution is 2.52. The summed E-state index contributed by atoms with van der Waals surface area (Å²) in [7, 11) is 0. The van der Waals surface area contributed by atoms with Crippen molar-refractivity contribution in [2.75, 3.05) is 0 Å². The Bertz CT molecular complexity index is 2370. The van der Waals surface area contributed by atoms with Crippen LogP contribution in [0.25, 0.3) is 66.2 Å². The van der Waals surface area contributed by atoms with Gasteiger partial charge in [0, 0.05) is 32.7 Å². The van der Waals surface area contributed by atoms with Crippen molar-refractivity contribution in [2.45, 2.75) is 25.9 Å². The van der Waals surface area contributed by atoms with Crippen LogP contribution in [0.4, 0.5) is 0 Å². The lowest BCUT2D eigenvalue weighted by atomic mass is 9.82. The summed E-state index contributed by atoms with van der Waals surface area (Å²) in [6.07, 6.45) is 0. The van der Waals surface area contributed by atoms with Crippen LogP contribution in [0, 0.1) is 0 Å². The molecule has 0 aliphatic heterocycles. The Morgan fingerprint density at radius 2 is 1.16 bits per heavy atom. The summed E-state index contributed by atoms with van der Waals surface area (Å²) in [5.41, 5.74) is 13.6. The average molecular weight is 566 g/mol. The third-order valence-electron chi connectivity index (χ3n) is 9.67. The van der Waals surface area contributed by atoms with Crippen LogP contribution in [-0.2, 0) is 12.1 Å². The van der Waals surface area contributed by atoms with Crippen LogP contribution in [-0.4, -0.2) is 14.3 Å². The van der Waals surface area contributed by atoms with Crippen LogP contribution in [0.1, 0.15) is 25.0 Å². The van der Waals surface area contributed by atoms with E-state index in [1.165, 1.54) is 55.2 Å². The van der Waals surface area contributed by atoms with Gasteiger partial charge in [-0.25, -0.2) is 4.68 Å². The van der Waals surface area contributed by atoms with Crippen LogP contribution in [0.15, 0.2) is 140 Å². The molecule has 0 bridgehead atoms. The maximum atomic E-state index is 5.31. The van der Waals surface area contributed by atoms with Gasteiger partial charge in [-0.2, -0.15) is 5.10 Å². The van der Waals surface area contributed by atoms with E-state index in [2.05, 4.69) is 163 Å². The van der Waals surface area contributed by atoms with Gasteiger partial charge >= 0.3 is 0 Å². The molecule has 0 saturated carbocycles. The van der Waals surface area contributed by atoms with Crippen molar-refractivity contribution in [2.24, 2.45) is 0 Å². The van der Waals surface area contributed by atoms with Gasteiger partial charge < -0.3 is 4.57 Å². The minimum absolute atomic E-state index is 0.0567. The van der Waals surface area contributed by atoms with E-state index in [1.807, 2.05) is 0 Å². The summed E-state index contributed by atoms with van der Waals surface area (Å²) in [5, 5.41) is 9.05. The Morgan fingerprint density at radius 3 is 1.98 bits per heavy atom. The predicted octanol–water partition coefficient (Wildman–Crippen LogP) is 10.3. The maximum Gasteiger partial charge on any atom is 0.117 e. The van der Waals surface area contributed by atoms with Crippen LogP contribution < -0.4 is 0 Å². The molecule has 8 aromatic rings. The zero-order valence-corrected chi connectivity index (χ0v) is 24.8. The number of benzene rings is 6. The average Bonchev–Trinajstić information content (AvgIpc) is 3.68. The van der Waals surface area contributed by atoms with Crippen LogP contribution in [0.3, 0.4) is 0 Å². The molecule has 0 saturated heterocycles. The van der Waals surface area contributed by atoms with E-state index in [0.29, 0.717) is 6.67 Å². The second kappa shape index (κ2) is 9.29. The molecular weight excluding hydrogens is 534 g/mol. The first-order valence-corrected chi connectivity index (χ1v) is 15.4. The number of fused-ring (bicyclic) bond motifs is 8. The normalized spacial score (nSPS) is 13.5. The number of rotatable bonds is 4. The lowest BCUT2D eigenvalue weighted by Gasteiger charge is -2.21. The standard InChI is InChI=1S/C41H31N3/c1-41(2)34-17-9-6-15-32(34)38-35(41)25-24-31-30-14-7-10-18-36(30)43(40(31)38)26-44-37-19-11-8-16-33(37)39(42-44)29-22-20-28(21-23-29)27-12-4-3-5-13-27/h3-25H,26H2,1-2H3. The smallest absolute Gasteiger partial charge is 0.117 e. The van der Waals surface area contributed by atoms with E-state index in [4.69, 9.17) is 5.10 Å². The molecule has 0 spiro atoms. The molecule has 210 valence electrons. The molecule has 9 rings (SSSR count). The summed E-state index contributed by atoms with van der Waals surface area (Å²) >= 11 is 0. The molecule has 2 heterocycles. The second-order valence-electron chi connectivity index (χ2n) is 12.5. The van der Waals surface area contributed by atoms with Gasteiger partial charge in [-0.1, -0.05) is 141 Å². The van der Waals surface area contributed by atoms with Crippen LogP contribution >= 0.6 is 0 Å². The predicted molar refractivity (Wildman–Crippen MR) is 183 cm³/mol. The molecule has 6 aromatic carbocycles. The van der Waals surface area contributed by atoms with Crippen molar-refractivity contribution in [3.63, 3.8) is 0 Å². The Balaban J connectivity index is 1.25. The Kier molecular flexibility index (Phi) is 5.31. The van der Waals surface area contributed by atoms with E-state index >= 15 is 0 Å². The van der Waals surface area contributed by atoms with Crippen LogP contribution in [0.5, 0.6) is 0 Å². The maximum absolute atomic E-state index is 5.31. The second-order valence-corrected chi connectivity index (χ2v) is 12.5. The highest BCUT2D eigenvalue weighted by Gasteiger charge is 2.37.